The van der Waals surface area contributed by atoms with Gasteiger partial charge in [-0.25, -0.2) is 4.79 Å². The van der Waals surface area contributed by atoms with Crippen molar-refractivity contribution in [3.05, 3.63) is 80.8 Å². The molecule has 0 fully saturated rings. The number of hydrogen-bond acceptors (Lipinski definition) is 7. The van der Waals surface area contributed by atoms with Gasteiger partial charge in [-0.05, 0) is 13.8 Å². The summed E-state index contributed by atoms with van der Waals surface area (Å²) in [4.78, 5) is 43.1. The molecule has 3 N–H and O–H groups in total. The smallest absolute Gasteiger partial charge is 0.327 e. The fourth-order valence-corrected chi connectivity index (χ4v) is 4.18. The van der Waals surface area contributed by atoms with Crippen molar-refractivity contribution >= 4 is 11.8 Å². The maximum Gasteiger partial charge on any atom is 0.327 e. The normalized spacial score (nSPS) is 17.1. The number of nitrogens with one attached hydrogen (secondary N) is 3. The lowest BCUT2D eigenvalue weighted by Crippen LogP contribution is -2.40. The Morgan fingerprint density at radius 1 is 1.26 bits per heavy atom. The zero-order valence-corrected chi connectivity index (χ0v) is 18.8. The molecule has 0 spiro atoms. The molecule has 0 bridgehead atoms. The third-order valence-electron chi connectivity index (χ3n) is 5.52. The molecule has 0 saturated heterocycles. The van der Waals surface area contributed by atoms with Gasteiger partial charge in [0.2, 0.25) is 0 Å². The second-order valence-electron chi connectivity index (χ2n) is 8.26. The molecule has 1 aliphatic rings. The largest absolute Gasteiger partial charge is 0.462 e. The van der Waals surface area contributed by atoms with E-state index in [4.69, 9.17) is 10.00 Å². The summed E-state index contributed by atoms with van der Waals surface area (Å²) in [6.07, 6.45) is 1.58. The summed E-state index contributed by atoms with van der Waals surface area (Å²) in [5.74, 6) is -2.20. The lowest BCUT2D eigenvalue weighted by atomic mass is 9.76. The number of carbonyl (C=O) groups is 1. The maximum absolute atomic E-state index is 13.2. The van der Waals surface area contributed by atoms with Crippen molar-refractivity contribution in [3.63, 3.8) is 0 Å². The Hall–Kier alpha value is -4.39. The molecular weight excluding hydrogens is 436 g/mol. The first-order valence-corrected chi connectivity index (χ1v) is 10.8. The number of aromatic amines is 2. The van der Waals surface area contributed by atoms with E-state index in [0.717, 1.165) is 5.56 Å². The second kappa shape index (κ2) is 9.23. The summed E-state index contributed by atoms with van der Waals surface area (Å²) in [6, 6.07) is 11.4. The molecule has 10 heteroatoms. The van der Waals surface area contributed by atoms with E-state index < -0.39 is 29.1 Å². The van der Waals surface area contributed by atoms with Crippen molar-refractivity contribution in [3.8, 4) is 17.3 Å². The Bertz CT molecular complexity index is 1390. The number of nitriles is 1. The van der Waals surface area contributed by atoms with E-state index in [1.54, 1.807) is 24.7 Å². The number of ether oxygens (including phenoxy) is 1. The number of fused-ring (bicyclic) bond motifs is 1. The molecule has 0 saturated carbocycles. The highest BCUT2D eigenvalue weighted by molar-refractivity contribution is 5.82. The Balaban J connectivity index is 1.99. The molecule has 0 radical (unpaired) electrons. The average Bonchev–Trinajstić information content (AvgIpc) is 3.20. The van der Waals surface area contributed by atoms with E-state index in [1.807, 2.05) is 30.3 Å². The first kappa shape index (κ1) is 22.8. The molecule has 1 aromatic carbocycles. The Morgan fingerprint density at radius 2 is 2.00 bits per heavy atom. The van der Waals surface area contributed by atoms with E-state index >= 15 is 0 Å². The zero-order valence-electron chi connectivity index (χ0n) is 18.8. The molecule has 0 aliphatic carbocycles. The predicted octanol–water partition coefficient (Wildman–Crippen LogP) is 2.48. The molecule has 3 heterocycles. The first-order valence-electron chi connectivity index (χ1n) is 10.8. The van der Waals surface area contributed by atoms with Crippen LogP contribution in [0.3, 0.4) is 0 Å². The molecule has 10 nitrogen and oxygen atoms in total. The molecule has 0 unspecified atom stereocenters. The molecule has 3 aromatic rings. The Morgan fingerprint density at radius 3 is 2.68 bits per heavy atom. The summed E-state index contributed by atoms with van der Waals surface area (Å²) < 4.78 is 7.13. The Labute approximate surface area is 194 Å². The van der Waals surface area contributed by atoms with Gasteiger partial charge in [0.25, 0.3) is 5.56 Å². The topological polar surface area (TPSA) is 146 Å². The summed E-state index contributed by atoms with van der Waals surface area (Å²) in [5, 5.41) is 16.6. The Kier molecular flexibility index (Phi) is 6.19. The van der Waals surface area contributed by atoms with E-state index in [2.05, 4.69) is 33.0 Å². The van der Waals surface area contributed by atoms with Crippen molar-refractivity contribution in [1.29, 1.82) is 5.26 Å². The van der Waals surface area contributed by atoms with Crippen molar-refractivity contribution in [2.24, 2.45) is 5.92 Å². The minimum atomic E-state index is -0.960. The molecule has 34 heavy (non-hydrogen) atoms. The highest BCUT2D eigenvalue weighted by Gasteiger charge is 2.43. The number of H-pyrrole nitrogens is 2. The van der Waals surface area contributed by atoms with Crippen LogP contribution in [-0.2, 0) is 16.1 Å². The van der Waals surface area contributed by atoms with Crippen LogP contribution in [0.1, 0.15) is 37.3 Å². The number of aryl methyl sites for hydroxylation is 1. The monoisotopic (exact) mass is 460 g/mol. The number of rotatable bonds is 6. The number of nitrogens with zero attached hydrogens (tertiary/aromatic N) is 3. The summed E-state index contributed by atoms with van der Waals surface area (Å²) in [6.45, 7) is 7.80. The first-order chi connectivity index (χ1) is 16.3. The highest BCUT2D eigenvalue weighted by Crippen LogP contribution is 2.44. The summed E-state index contributed by atoms with van der Waals surface area (Å²) in [7, 11) is 0. The molecule has 2 aromatic heterocycles. The van der Waals surface area contributed by atoms with Crippen molar-refractivity contribution < 1.29 is 9.53 Å². The van der Waals surface area contributed by atoms with Gasteiger partial charge in [0.15, 0.2) is 0 Å². The number of anilines is 1. The number of benzene rings is 1. The van der Waals surface area contributed by atoms with Crippen LogP contribution in [-0.4, -0.2) is 31.8 Å². The van der Waals surface area contributed by atoms with Crippen LogP contribution in [0.2, 0.25) is 0 Å². The molecule has 2 atom stereocenters. The lowest BCUT2D eigenvalue weighted by molar-refractivity contribution is -0.151. The number of carbonyl (C=O) groups excluding carboxylic acids is 1. The third-order valence-corrected chi connectivity index (χ3v) is 5.52. The van der Waals surface area contributed by atoms with Gasteiger partial charge in [0, 0.05) is 28.9 Å². The number of aromatic nitrogens is 4. The van der Waals surface area contributed by atoms with Crippen LogP contribution in [0.25, 0.3) is 11.3 Å². The SMILES string of the molecule is C=C1Nc2[nH]c(=O)[nH]c(=O)c2[C@@H](c2cn(CCC#N)nc2-c2ccccc2)[C@H]1C(=O)OC(C)C. The number of esters is 1. The van der Waals surface area contributed by atoms with E-state index in [9.17, 15) is 14.4 Å². The van der Waals surface area contributed by atoms with Crippen molar-refractivity contribution in [2.45, 2.75) is 38.8 Å². The molecule has 4 rings (SSSR count). The standard InChI is InChI=1S/C24H24N6O4/c1-13(2)34-23(32)17-14(3)26-21-19(22(31)28-24(33)27-21)18(17)16-12-30(11-7-10-25)29-20(16)15-8-5-4-6-9-15/h4-6,8-9,12-13,17-18H,3,7,11H2,1-2H3,(H3,26,27,28,31,33)/t17-,18-/m0/s1. The zero-order chi connectivity index (χ0) is 24.4. The molecule has 0 amide bonds. The second-order valence-corrected chi connectivity index (χ2v) is 8.26. The van der Waals surface area contributed by atoms with E-state index in [-0.39, 0.29) is 29.6 Å². The minimum absolute atomic E-state index is 0.168. The van der Waals surface area contributed by atoms with Gasteiger partial charge >= 0.3 is 11.7 Å². The van der Waals surface area contributed by atoms with Gasteiger partial charge in [-0.15, -0.1) is 0 Å². The van der Waals surface area contributed by atoms with Crippen molar-refractivity contribution in [2.75, 3.05) is 5.32 Å². The third kappa shape index (κ3) is 4.28. The quantitative estimate of drug-likeness (QED) is 0.479. The van der Waals surface area contributed by atoms with Gasteiger partial charge in [-0.1, -0.05) is 36.9 Å². The molecule has 174 valence electrons. The van der Waals surface area contributed by atoms with Crippen LogP contribution in [0.4, 0.5) is 5.82 Å². The van der Waals surface area contributed by atoms with Crippen molar-refractivity contribution in [1.82, 2.24) is 19.7 Å². The van der Waals surface area contributed by atoms with Crippen LogP contribution in [0, 0.1) is 17.2 Å². The van der Waals surface area contributed by atoms with Crippen LogP contribution < -0.4 is 16.6 Å². The number of hydrogen-bond donors (Lipinski definition) is 3. The fraction of sp³-hybridized carbons (Fsp3) is 0.292. The van der Waals surface area contributed by atoms with Gasteiger partial charge < -0.3 is 10.1 Å². The van der Waals surface area contributed by atoms with E-state index in [0.29, 0.717) is 17.8 Å². The predicted molar refractivity (Wildman–Crippen MR) is 125 cm³/mol. The van der Waals surface area contributed by atoms with Crippen LogP contribution >= 0.6 is 0 Å². The van der Waals surface area contributed by atoms with Gasteiger partial charge in [-0.3, -0.25) is 24.2 Å². The van der Waals surface area contributed by atoms with Crippen LogP contribution in [0.5, 0.6) is 0 Å². The molecular formula is C24H24N6O4. The van der Waals surface area contributed by atoms with Gasteiger partial charge in [0.1, 0.15) is 11.7 Å². The lowest BCUT2D eigenvalue weighted by Gasteiger charge is -2.33. The maximum atomic E-state index is 13.2. The van der Waals surface area contributed by atoms with Crippen LogP contribution in [0.15, 0.2) is 58.4 Å². The minimum Gasteiger partial charge on any atom is -0.462 e. The molecule has 1 aliphatic heterocycles. The van der Waals surface area contributed by atoms with Gasteiger partial charge in [0.05, 0.1) is 36.4 Å². The summed E-state index contributed by atoms with van der Waals surface area (Å²) >= 11 is 0. The average molecular weight is 460 g/mol. The highest BCUT2D eigenvalue weighted by atomic mass is 16.5. The fourth-order valence-electron chi connectivity index (χ4n) is 4.18. The van der Waals surface area contributed by atoms with E-state index in [1.165, 1.54) is 0 Å². The van der Waals surface area contributed by atoms with Gasteiger partial charge in [-0.2, -0.15) is 10.4 Å². The summed E-state index contributed by atoms with van der Waals surface area (Å²) in [5.41, 5.74) is 1.06.